The number of carbonyl (C=O) groups excluding carboxylic acids is 3. The SMILES string of the molecule is C=CCOC(=O)NCCCC[C@H](NC(=O)OC1c2ccccc2-c2ccccc21)C(=O)Nc1ccc(COC)cc1. The van der Waals surface area contributed by atoms with E-state index < -0.39 is 24.3 Å². The first-order chi connectivity index (χ1) is 20.0. The van der Waals surface area contributed by atoms with Gasteiger partial charge in [-0.25, -0.2) is 9.59 Å². The number of hydrogen-bond acceptors (Lipinski definition) is 6. The molecule has 0 aromatic heterocycles. The molecule has 9 heteroatoms. The zero-order valence-corrected chi connectivity index (χ0v) is 23.1. The van der Waals surface area contributed by atoms with Gasteiger partial charge in [0.05, 0.1) is 6.61 Å². The standard InChI is InChI=1S/C32H35N3O6/c1-3-20-40-31(37)33-19-9-8-14-28(30(36)34-23-17-15-22(16-18-23)21-39-2)35-32(38)41-29-26-12-6-4-10-24(26)25-11-5-7-13-27(25)29/h3-7,10-13,15-18,28-29H,1,8-9,14,19-21H2,2H3,(H,33,37)(H,34,36)(H,35,38)/t28-/m0/s1. The van der Waals surface area contributed by atoms with Gasteiger partial charge in [-0.2, -0.15) is 0 Å². The van der Waals surface area contributed by atoms with E-state index in [1.165, 1.54) is 6.08 Å². The molecule has 0 heterocycles. The molecule has 3 amide bonds. The highest BCUT2D eigenvalue weighted by Gasteiger charge is 2.32. The monoisotopic (exact) mass is 557 g/mol. The Morgan fingerprint density at radius 1 is 0.902 bits per heavy atom. The second-order valence-electron chi connectivity index (χ2n) is 9.59. The van der Waals surface area contributed by atoms with Crippen molar-refractivity contribution in [1.29, 1.82) is 0 Å². The molecule has 0 bridgehead atoms. The molecular weight excluding hydrogens is 522 g/mol. The van der Waals surface area contributed by atoms with Crippen molar-refractivity contribution < 1.29 is 28.6 Å². The van der Waals surface area contributed by atoms with Gasteiger partial charge in [-0.1, -0.05) is 73.3 Å². The van der Waals surface area contributed by atoms with Gasteiger partial charge in [-0.15, -0.1) is 0 Å². The number of anilines is 1. The van der Waals surface area contributed by atoms with Crippen LogP contribution in [0.15, 0.2) is 85.5 Å². The Hall–Kier alpha value is -4.63. The van der Waals surface area contributed by atoms with Gasteiger partial charge < -0.3 is 30.2 Å². The average Bonchev–Trinajstić information content (AvgIpc) is 3.29. The molecule has 0 fully saturated rings. The molecule has 3 aromatic rings. The number of hydrogen-bond donors (Lipinski definition) is 3. The zero-order valence-electron chi connectivity index (χ0n) is 23.1. The maximum absolute atomic E-state index is 13.3. The van der Waals surface area contributed by atoms with Gasteiger partial charge in [0.25, 0.3) is 0 Å². The molecule has 3 aromatic carbocycles. The Bertz CT molecular complexity index is 1310. The van der Waals surface area contributed by atoms with Crippen LogP contribution in [-0.4, -0.2) is 44.4 Å². The molecular formula is C32H35N3O6. The summed E-state index contributed by atoms with van der Waals surface area (Å²) >= 11 is 0. The van der Waals surface area contributed by atoms with Crippen LogP contribution in [0.5, 0.6) is 0 Å². The summed E-state index contributed by atoms with van der Waals surface area (Å²) in [4.78, 5) is 38.1. The van der Waals surface area contributed by atoms with Crippen molar-refractivity contribution in [3.05, 3.63) is 102 Å². The lowest BCUT2D eigenvalue weighted by Crippen LogP contribution is -2.44. The van der Waals surface area contributed by atoms with Crippen molar-refractivity contribution in [1.82, 2.24) is 10.6 Å². The van der Waals surface area contributed by atoms with E-state index in [2.05, 4.69) is 22.5 Å². The van der Waals surface area contributed by atoms with Crippen LogP contribution in [0.3, 0.4) is 0 Å². The van der Waals surface area contributed by atoms with Crippen molar-refractivity contribution in [3.8, 4) is 11.1 Å². The molecule has 1 aliphatic rings. The summed E-state index contributed by atoms with van der Waals surface area (Å²) in [5, 5.41) is 8.30. The van der Waals surface area contributed by atoms with Crippen molar-refractivity contribution >= 4 is 23.8 Å². The Kier molecular flexibility index (Phi) is 10.5. The van der Waals surface area contributed by atoms with Gasteiger partial charge in [0.2, 0.25) is 5.91 Å². The third kappa shape index (κ3) is 7.95. The Morgan fingerprint density at radius 3 is 2.20 bits per heavy atom. The van der Waals surface area contributed by atoms with Gasteiger partial charge in [0, 0.05) is 30.5 Å². The molecule has 0 saturated heterocycles. The van der Waals surface area contributed by atoms with Crippen LogP contribution in [0, 0.1) is 0 Å². The van der Waals surface area contributed by atoms with Gasteiger partial charge in [0.1, 0.15) is 12.6 Å². The van der Waals surface area contributed by atoms with Crippen LogP contribution in [0.2, 0.25) is 0 Å². The number of alkyl carbamates (subject to hydrolysis) is 2. The van der Waals surface area contributed by atoms with Gasteiger partial charge in [0.15, 0.2) is 6.10 Å². The number of nitrogens with one attached hydrogen (secondary N) is 3. The molecule has 9 nitrogen and oxygen atoms in total. The average molecular weight is 558 g/mol. The Balaban J connectivity index is 1.40. The number of methoxy groups -OCH3 is 1. The van der Waals surface area contributed by atoms with Crippen LogP contribution < -0.4 is 16.0 Å². The number of rotatable bonds is 13. The molecule has 0 spiro atoms. The van der Waals surface area contributed by atoms with E-state index in [0.29, 0.717) is 38.1 Å². The second kappa shape index (κ2) is 14.7. The predicted octanol–water partition coefficient (Wildman–Crippen LogP) is 5.72. The van der Waals surface area contributed by atoms with E-state index in [4.69, 9.17) is 14.2 Å². The fourth-order valence-corrected chi connectivity index (χ4v) is 4.72. The van der Waals surface area contributed by atoms with Crippen LogP contribution in [0.1, 0.15) is 42.1 Å². The third-order valence-electron chi connectivity index (χ3n) is 6.66. The number of carbonyl (C=O) groups is 3. The van der Waals surface area contributed by atoms with Crippen molar-refractivity contribution in [3.63, 3.8) is 0 Å². The molecule has 0 radical (unpaired) electrons. The highest BCUT2D eigenvalue weighted by Crippen LogP contribution is 2.45. The smallest absolute Gasteiger partial charge is 0.408 e. The first-order valence-electron chi connectivity index (χ1n) is 13.6. The topological polar surface area (TPSA) is 115 Å². The van der Waals surface area contributed by atoms with Gasteiger partial charge in [-0.05, 0) is 48.1 Å². The summed E-state index contributed by atoms with van der Waals surface area (Å²) < 4.78 is 15.9. The van der Waals surface area contributed by atoms with Crippen molar-refractivity contribution in [2.24, 2.45) is 0 Å². The number of ether oxygens (including phenoxy) is 3. The summed E-state index contributed by atoms with van der Waals surface area (Å²) in [5.41, 5.74) is 5.41. The molecule has 4 rings (SSSR count). The molecule has 214 valence electrons. The van der Waals surface area contributed by atoms with Gasteiger partial charge >= 0.3 is 12.2 Å². The quantitative estimate of drug-likeness (QED) is 0.183. The summed E-state index contributed by atoms with van der Waals surface area (Å²) in [6, 6.07) is 22.1. The highest BCUT2D eigenvalue weighted by molar-refractivity contribution is 5.96. The summed E-state index contributed by atoms with van der Waals surface area (Å²) in [5.74, 6) is -0.369. The first kappa shape index (κ1) is 29.4. The van der Waals surface area contributed by atoms with Crippen LogP contribution in [-0.2, 0) is 25.6 Å². The molecule has 0 saturated carbocycles. The minimum absolute atomic E-state index is 0.127. The van der Waals surface area contributed by atoms with E-state index in [-0.39, 0.29) is 12.5 Å². The Labute approximate surface area is 239 Å². The fourth-order valence-electron chi connectivity index (χ4n) is 4.72. The largest absolute Gasteiger partial charge is 0.445 e. The lowest BCUT2D eigenvalue weighted by Gasteiger charge is -2.21. The zero-order chi connectivity index (χ0) is 29.0. The minimum Gasteiger partial charge on any atom is -0.445 e. The molecule has 3 N–H and O–H groups in total. The van der Waals surface area contributed by atoms with E-state index >= 15 is 0 Å². The molecule has 0 aliphatic heterocycles. The molecule has 1 atom stereocenters. The van der Waals surface area contributed by atoms with E-state index in [1.807, 2.05) is 60.7 Å². The summed E-state index contributed by atoms with van der Waals surface area (Å²) in [7, 11) is 1.62. The number of unbranched alkanes of at least 4 members (excludes halogenated alkanes) is 1. The van der Waals surface area contributed by atoms with Crippen molar-refractivity contribution in [2.45, 2.75) is 38.0 Å². The normalized spacial score (nSPS) is 12.4. The second-order valence-corrected chi connectivity index (χ2v) is 9.59. The maximum atomic E-state index is 13.3. The van der Waals surface area contributed by atoms with Crippen LogP contribution in [0.4, 0.5) is 15.3 Å². The van der Waals surface area contributed by atoms with E-state index in [0.717, 1.165) is 27.8 Å². The lowest BCUT2D eigenvalue weighted by molar-refractivity contribution is -0.118. The van der Waals surface area contributed by atoms with E-state index in [1.54, 1.807) is 19.2 Å². The van der Waals surface area contributed by atoms with Crippen molar-refractivity contribution in [2.75, 3.05) is 25.6 Å². The predicted molar refractivity (Wildman–Crippen MR) is 156 cm³/mol. The lowest BCUT2D eigenvalue weighted by atomic mass is 10.1. The number of benzene rings is 3. The van der Waals surface area contributed by atoms with Gasteiger partial charge in [-0.3, -0.25) is 4.79 Å². The minimum atomic E-state index is -0.860. The van der Waals surface area contributed by atoms with Crippen LogP contribution >= 0.6 is 0 Å². The molecule has 41 heavy (non-hydrogen) atoms. The van der Waals surface area contributed by atoms with E-state index in [9.17, 15) is 14.4 Å². The maximum Gasteiger partial charge on any atom is 0.408 e. The number of fused-ring (bicyclic) bond motifs is 3. The molecule has 1 aliphatic carbocycles. The number of amides is 3. The fraction of sp³-hybridized carbons (Fsp3) is 0.281. The third-order valence-corrected chi connectivity index (χ3v) is 6.66. The molecule has 0 unspecified atom stereocenters. The Morgan fingerprint density at radius 2 is 1.56 bits per heavy atom. The summed E-state index contributed by atoms with van der Waals surface area (Å²) in [6.45, 7) is 4.46. The highest BCUT2D eigenvalue weighted by atomic mass is 16.6. The first-order valence-corrected chi connectivity index (χ1v) is 13.6. The summed E-state index contributed by atoms with van der Waals surface area (Å²) in [6.07, 6.45) is 1.16. The van der Waals surface area contributed by atoms with Crippen LogP contribution in [0.25, 0.3) is 11.1 Å².